The SMILES string of the molecule is Cc1cc(C(=O)O)c(C2(N)CC2)cc1C. The first kappa shape index (κ1) is 10.2. The van der Waals surface area contributed by atoms with Gasteiger partial charge in [-0.2, -0.15) is 0 Å². The van der Waals surface area contributed by atoms with Crippen LogP contribution in [0, 0.1) is 13.8 Å². The molecule has 1 saturated carbocycles. The summed E-state index contributed by atoms with van der Waals surface area (Å²) in [6.07, 6.45) is 1.77. The highest BCUT2D eigenvalue weighted by Crippen LogP contribution is 2.44. The number of aryl methyl sites for hydroxylation is 2. The Morgan fingerprint density at radius 3 is 2.33 bits per heavy atom. The summed E-state index contributed by atoms with van der Waals surface area (Å²) in [4.78, 5) is 11.1. The van der Waals surface area contributed by atoms with Gasteiger partial charge in [0.1, 0.15) is 0 Å². The van der Waals surface area contributed by atoms with Crippen molar-refractivity contribution in [2.24, 2.45) is 5.73 Å². The van der Waals surface area contributed by atoms with E-state index in [0.29, 0.717) is 5.56 Å². The second-order valence-corrected chi connectivity index (χ2v) is 4.44. The summed E-state index contributed by atoms with van der Waals surface area (Å²) in [5.41, 5.74) is 8.93. The third-order valence-electron chi connectivity index (χ3n) is 3.19. The molecule has 0 aromatic heterocycles. The number of benzene rings is 1. The number of nitrogens with two attached hydrogens (primary N) is 1. The minimum absolute atomic E-state index is 0.359. The number of carboxylic acid groups (broad SMARTS) is 1. The average Bonchev–Trinajstić information content (AvgIpc) is 2.88. The van der Waals surface area contributed by atoms with Crippen molar-refractivity contribution in [3.8, 4) is 0 Å². The summed E-state index contributed by atoms with van der Waals surface area (Å²) in [6, 6.07) is 3.64. The van der Waals surface area contributed by atoms with E-state index in [-0.39, 0.29) is 5.54 Å². The summed E-state index contributed by atoms with van der Waals surface area (Å²) < 4.78 is 0. The molecule has 0 aliphatic heterocycles. The van der Waals surface area contributed by atoms with Crippen LogP contribution in [0.5, 0.6) is 0 Å². The Morgan fingerprint density at radius 1 is 1.33 bits per heavy atom. The fraction of sp³-hybridized carbons (Fsp3) is 0.417. The van der Waals surface area contributed by atoms with Crippen LogP contribution in [0.1, 0.15) is 39.9 Å². The molecule has 3 heteroatoms. The van der Waals surface area contributed by atoms with Crippen LogP contribution >= 0.6 is 0 Å². The van der Waals surface area contributed by atoms with Gasteiger partial charge in [0.15, 0.2) is 0 Å². The van der Waals surface area contributed by atoms with Gasteiger partial charge in [-0.3, -0.25) is 0 Å². The number of rotatable bonds is 2. The summed E-state index contributed by atoms with van der Waals surface area (Å²) in [7, 11) is 0. The largest absolute Gasteiger partial charge is 0.478 e. The van der Waals surface area contributed by atoms with Crippen LogP contribution in [0.4, 0.5) is 0 Å². The lowest BCUT2D eigenvalue weighted by Crippen LogP contribution is -2.22. The Labute approximate surface area is 88.9 Å². The van der Waals surface area contributed by atoms with Crippen molar-refractivity contribution in [3.05, 3.63) is 34.4 Å². The Balaban J connectivity index is 2.61. The van der Waals surface area contributed by atoms with Crippen LogP contribution in [0.25, 0.3) is 0 Å². The van der Waals surface area contributed by atoms with E-state index in [2.05, 4.69) is 0 Å². The van der Waals surface area contributed by atoms with Gasteiger partial charge < -0.3 is 10.8 Å². The standard InChI is InChI=1S/C12H15NO2/c1-7-5-9(11(14)15)10(6-8(7)2)12(13)3-4-12/h5-6H,3-4,13H2,1-2H3,(H,14,15). The fourth-order valence-corrected chi connectivity index (χ4v) is 1.81. The van der Waals surface area contributed by atoms with Gasteiger partial charge >= 0.3 is 5.97 Å². The monoisotopic (exact) mass is 205 g/mol. The molecule has 0 unspecified atom stereocenters. The molecule has 0 atom stereocenters. The third kappa shape index (κ3) is 1.63. The van der Waals surface area contributed by atoms with Gasteiger partial charge in [0.05, 0.1) is 5.56 Å². The van der Waals surface area contributed by atoms with Gasteiger partial charge in [0, 0.05) is 5.54 Å². The van der Waals surface area contributed by atoms with Gasteiger partial charge in [-0.25, -0.2) is 4.79 Å². The highest BCUT2D eigenvalue weighted by molar-refractivity contribution is 5.90. The molecule has 0 spiro atoms. The molecule has 1 aliphatic carbocycles. The van der Waals surface area contributed by atoms with E-state index in [0.717, 1.165) is 29.5 Å². The molecule has 80 valence electrons. The highest BCUT2D eigenvalue weighted by Gasteiger charge is 2.42. The molecule has 1 fully saturated rings. The van der Waals surface area contributed by atoms with Crippen LogP contribution < -0.4 is 5.73 Å². The van der Waals surface area contributed by atoms with Gasteiger partial charge in [0.2, 0.25) is 0 Å². The molecule has 0 saturated heterocycles. The van der Waals surface area contributed by atoms with Gasteiger partial charge in [0.25, 0.3) is 0 Å². The van der Waals surface area contributed by atoms with Crippen molar-refractivity contribution < 1.29 is 9.90 Å². The fourth-order valence-electron chi connectivity index (χ4n) is 1.81. The zero-order valence-electron chi connectivity index (χ0n) is 9.00. The molecule has 3 N–H and O–H groups in total. The average molecular weight is 205 g/mol. The molecule has 1 aromatic rings. The van der Waals surface area contributed by atoms with Crippen LogP contribution in [0.15, 0.2) is 12.1 Å². The Kier molecular flexibility index (Phi) is 2.08. The van der Waals surface area contributed by atoms with Crippen molar-refractivity contribution >= 4 is 5.97 Å². The first-order chi connectivity index (χ1) is 6.94. The second kappa shape index (κ2) is 3.07. The predicted molar refractivity (Wildman–Crippen MR) is 58.0 cm³/mol. The maximum Gasteiger partial charge on any atom is 0.336 e. The lowest BCUT2D eigenvalue weighted by Gasteiger charge is -2.15. The molecule has 0 amide bonds. The maximum atomic E-state index is 11.1. The molecule has 1 aliphatic rings. The number of hydrogen-bond donors (Lipinski definition) is 2. The Hall–Kier alpha value is -1.35. The molecule has 0 bridgehead atoms. The molecular weight excluding hydrogens is 190 g/mol. The van der Waals surface area contributed by atoms with E-state index in [4.69, 9.17) is 10.8 Å². The van der Waals surface area contributed by atoms with E-state index >= 15 is 0 Å². The van der Waals surface area contributed by atoms with E-state index in [1.54, 1.807) is 6.07 Å². The lowest BCUT2D eigenvalue weighted by atomic mass is 9.94. The molecule has 0 heterocycles. The zero-order chi connectivity index (χ0) is 11.2. The first-order valence-electron chi connectivity index (χ1n) is 5.08. The minimum atomic E-state index is -0.884. The normalized spacial score (nSPS) is 17.5. The van der Waals surface area contributed by atoms with Gasteiger partial charge in [-0.05, 0) is 49.4 Å². The smallest absolute Gasteiger partial charge is 0.336 e. The number of aromatic carboxylic acids is 1. The summed E-state index contributed by atoms with van der Waals surface area (Å²) >= 11 is 0. The first-order valence-corrected chi connectivity index (χ1v) is 5.08. The minimum Gasteiger partial charge on any atom is -0.478 e. The number of carboxylic acids is 1. The highest BCUT2D eigenvalue weighted by atomic mass is 16.4. The second-order valence-electron chi connectivity index (χ2n) is 4.44. The Morgan fingerprint density at radius 2 is 1.87 bits per heavy atom. The molecule has 15 heavy (non-hydrogen) atoms. The number of carbonyl (C=O) groups is 1. The van der Waals surface area contributed by atoms with Crippen molar-refractivity contribution in [1.29, 1.82) is 0 Å². The van der Waals surface area contributed by atoms with Crippen molar-refractivity contribution in [3.63, 3.8) is 0 Å². The lowest BCUT2D eigenvalue weighted by molar-refractivity contribution is 0.0694. The van der Waals surface area contributed by atoms with E-state index in [9.17, 15) is 4.79 Å². The quantitative estimate of drug-likeness (QED) is 0.775. The predicted octanol–water partition coefficient (Wildman–Crippen LogP) is 1.95. The maximum absolute atomic E-state index is 11.1. The summed E-state index contributed by atoms with van der Waals surface area (Å²) in [6.45, 7) is 3.90. The third-order valence-corrected chi connectivity index (χ3v) is 3.19. The molecule has 0 radical (unpaired) electrons. The molecular formula is C12H15NO2. The van der Waals surface area contributed by atoms with E-state index in [1.807, 2.05) is 19.9 Å². The molecule has 2 rings (SSSR count). The number of hydrogen-bond acceptors (Lipinski definition) is 2. The molecule has 1 aromatic carbocycles. The van der Waals surface area contributed by atoms with Crippen LogP contribution in [-0.2, 0) is 5.54 Å². The Bertz CT molecular complexity index is 433. The molecule has 3 nitrogen and oxygen atoms in total. The topological polar surface area (TPSA) is 63.3 Å². The van der Waals surface area contributed by atoms with Crippen molar-refractivity contribution in [1.82, 2.24) is 0 Å². The van der Waals surface area contributed by atoms with Crippen molar-refractivity contribution in [2.45, 2.75) is 32.2 Å². The van der Waals surface area contributed by atoms with E-state index in [1.165, 1.54) is 0 Å². The summed E-state index contributed by atoms with van der Waals surface area (Å²) in [5.74, 6) is -0.884. The zero-order valence-corrected chi connectivity index (χ0v) is 9.00. The van der Waals surface area contributed by atoms with E-state index < -0.39 is 5.97 Å². The van der Waals surface area contributed by atoms with Crippen LogP contribution in [0.2, 0.25) is 0 Å². The van der Waals surface area contributed by atoms with Crippen molar-refractivity contribution in [2.75, 3.05) is 0 Å². The van der Waals surface area contributed by atoms with Gasteiger partial charge in [-0.15, -0.1) is 0 Å². The summed E-state index contributed by atoms with van der Waals surface area (Å²) in [5, 5.41) is 9.12. The van der Waals surface area contributed by atoms with Gasteiger partial charge in [-0.1, -0.05) is 6.07 Å². The van der Waals surface area contributed by atoms with Crippen LogP contribution in [-0.4, -0.2) is 11.1 Å². The van der Waals surface area contributed by atoms with Crippen LogP contribution in [0.3, 0.4) is 0 Å².